The Balaban J connectivity index is 2.00. The summed E-state index contributed by atoms with van der Waals surface area (Å²) in [5, 5.41) is 0.813. The van der Waals surface area contributed by atoms with Gasteiger partial charge in [0.05, 0.1) is 13.0 Å². The molecule has 0 amide bonds. The fraction of sp³-hybridized carbons (Fsp3) is 0.538. The number of methoxy groups -OCH3 is 1. The summed E-state index contributed by atoms with van der Waals surface area (Å²) >= 11 is 11.8. The number of carbonyl (C=O) groups excluding carboxylic acids is 1. The van der Waals surface area contributed by atoms with Crippen molar-refractivity contribution in [3.63, 3.8) is 0 Å². The summed E-state index contributed by atoms with van der Waals surface area (Å²) < 4.78 is 4.81. The van der Waals surface area contributed by atoms with Crippen LogP contribution < -0.4 is 0 Å². The summed E-state index contributed by atoms with van der Waals surface area (Å²) in [4.78, 5) is 17.8. The topological polar surface area (TPSA) is 42.4 Å². The van der Waals surface area contributed by atoms with Gasteiger partial charge in [0.15, 0.2) is 0 Å². The van der Waals surface area contributed by atoms with E-state index in [9.17, 15) is 4.79 Å². The Hall–Kier alpha value is -0.840. The van der Waals surface area contributed by atoms with Gasteiger partial charge < -0.3 is 4.74 Å². The van der Waals surface area contributed by atoms with Gasteiger partial charge in [-0.05, 0) is 25.5 Å². The van der Waals surface area contributed by atoms with Crippen LogP contribution in [0.15, 0.2) is 12.1 Å². The molecule has 104 valence electrons. The summed E-state index contributed by atoms with van der Waals surface area (Å²) in [5.41, 5.74) is 0.927. The zero-order valence-corrected chi connectivity index (χ0v) is 12.2. The summed E-state index contributed by atoms with van der Waals surface area (Å²) in [6.45, 7) is 2.33. The van der Waals surface area contributed by atoms with Crippen molar-refractivity contribution in [1.82, 2.24) is 9.88 Å². The normalized spacial score (nSPS) is 20.3. The maximum Gasteiger partial charge on any atom is 0.309 e. The molecular formula is C13H16Cl2N2O2. The van der Waals surface area contributed by atoms with Crippen LogP contribution in [0.4, 0.5) is 0 Å². The predicted molar refractivity (Wildman–Crippen MR) is 74.3 cm³/mol. The van der Waals surface area contributed by atoms with Crippen LogP contribution in [0.25, 0.3) is 0 Å². The summed E-state index contributed by atoms with van der Waals surface area (Å²) in [7, 11) is 1.43. The molecule has 0 aromatic carbocycles. The van der Waals surface area contributed by atoms with Crippen molar-refractivity contribution in [3.8, 4) is 0 Å². The Morgan fingerprint density at radius 1 is 1.53 bits per heavy atom. The highest BCUT2D eigenvalue weighted by Gasteiger charge is 2.26. The van der Waals surface area contributed by atoms with Crippen molar-refractivity contribution in [2.45, 2.75) is 19.4 Å². The van der Waals surface area contributed by atoms with Gasteiger partial charge in [0.25, 0.3) is 0 Å². The van der Waals surface area contributed by atoms with Crippen molar-refractivity contribution in [2.75, 3.05) is 20.2 Å². The number of hydrogen-bond donors (Lipinski definition) is 0. The quantitative estimate of drug-likeness (QED) is 0.636. The smallest absolute Gasteiger partial charge is 0.309 e. The van der Waals surface area contributed by atoms with Crippen LogP contribution >= 0.6 is 23.2 Å². The molecule has 6 heteroatoms. The number of halogens is 2. The number of nitrogens with zero attached hydrogens (tertiary/aromatic N) is 2. The molecule has 1 fully saturated rings. The fourth-order valence-electron chi connectivity index (χ4n) is 2.36. The molecule has 1 atom stereocenters. The van der Waals surface area contributed by atoms with Crippen molar-refractivity contribution < 1.29 is 9.53 Å². The molecule has 1 aliphatic heterocycles. The first-order valence-electron chi connectivity index (χ1n) is 6.21. The number of carbonyl (C=O) groups is 1. The highest BCUT2D eigenvalue weighted by molar-refractivity contribution is 6.32. The Kier molecular flexibility index (Phi) is 5.02. The van der Waals surface area contributed by atoms with Crippen molar-refractivity contribution in [1.29, 1.82) is 0 Å². The second-order valence-electron chi connectivity index (χ2n) is 4.68. The number of hydrogen-bond acceptors (Lipinski definition) is 4. The van der Waals surface area contributed by atoms with Gasteiger partial charge >= 0.3 is 5.97 Å². The number of rotatable bonds is 3. The van der Waals surface area contributed by atoms with E-state index in [-0.39, 0.29) is 11.9 Å². The molecule has 0 saturated carbocycles. The maximum absolute atomic E-state index is 11.6. The molecule has 0 aliphatic carbocycles. The van der Waals surface area contributed by atoms with E-state index >= 15 is 0 Å². The maximum atomic E-state index is 11.6. The third-order valence-corrected chi connectivity index (χ3v) is 3.86. The Morgan fingerprint density at radius 3 is 3.00 bits per heavy atom. The standard InChI is InChI=1S/C13H16Cl2N2O2/c1-19-13(18)10-3-2-6-17(8-10)7-9-4-5-11(14)16-12(9)15/h4-5,10H,2-3,6-8H2,1H3. The van der Waals surface area contributed by atoms with Gasteiger partial charge in [0.2, 0.25) is 0 Å². The van der Waals surface area contributed by atoms with Gasteiger partial charge in [0, 0.05) is 18.7 Å². The number of piperidine rings is 1. The van der Waals surface area contributed by atoms with Crippen LogP contribution in [-0.2, 0) is 16.1 Å². The zero-order valence-electron chi connectivity index (χ0n) is 10.7. The molecule has 0 bridgehead atoms. The third-order valence-electron chi connectivity index (χ3n) is 3.33. The van der Waals surface area contributed by atoms with Crippen LogP contribution in [0.5, 0.6) is 0 Å². The highest BCUT2D eigenvalue weighted by Crippen LogP contribution is 2.23. The first-order chi connectivity index (χ1) is 9.10. The number of esters is 1. The highest BCUT2D eigenvalue weighted by atomic mass is 35.5. The van der Waals surface area contributed by atoms with Gasteiger partial charge in [0.1, 0.15) is 10.3 Å². The lowest BCUT2D eigenvalue weighted by Gasteiger charge is -2.31. The van der Waals surface area contributed by atoms with Gasteiger partial charge in [-0.1, -0.05) is 29.3 Å². The lowest BCUT2D eigenvalue weighted by molar-refractivity contribution is -0.147. The van der Waals surface area contributed by atoms with E-state index in [1.165, 1.54) is 7.11 Å². The van der Waals surface area contributed by atoms with Crippen LogP contribution in [0.2, 0.25) is 10.3 Å². The van der Waals surface area contributed by atoms with E-state index in [0.29, 0.717) is 23.4 Å². The zero-order chi connectivity index (χ0) is 13.8. The minimum Gasteiger partial charge on any atom is -0.469 e. The van der Waals surface area contributed by atoms with E-state index in [1.54, 1.807) is 6.07 Å². The van der Waals surface area contributed by atoms with Gasteiger partial charge in [-0.25, -0.2) is 4.98 Å². The molecule has 1 aromatic heterocycles. The molecule has 1 unspecified atom stereocenters. The van der Waals surface area contributed by atoms with Gasteiger partial charge in [-0.2, -0.15) is 0 Å². The van der Waals surface area contributed by atoms with E-state index < -0.39 is 0 Å². The van der Waals surface area contributed by atoms with E-state index in [4.69, 9.17) is 27.9 Å². The monoisotopic (exact) mass is 302 g/mol. The Bertz CT molecular complexity index is 468. The first-order valence-corrected chi connectivity index (χ1v) is 6.97. The summed E-state index contributed by atoms with van der Waals surface area (Å²) in [6, 6.07) is 3.60. The first kappa shape index (κ1) is 14.6. The van der Waals surface area contributed by atoms with Crippen molar-refractivity contribution in [2.24, 2.45) is 5.92 Å². The Labute approximate surface area is 122 Å². The predicted octanol–water partition coefficient (Wildman–Crippen LogP) is 2.77. The van der Waals surface area contributed by atoms with Crippen LogP contribution in [-0.4, -0.2) is 36.1 Å². The average Bonchev–Trinajstić information content (AvgIpc) is 2.41. The fourth-order valence-corrected chi connectivity index (χ4v) is 2.76. The molecule has 4 nitrogen and oxygen atoms in total. The second-order valence-corrected chi connectivity index (χ2v) is 5.43. The van der Waals surface area contributed by atoms with Crippen LogP contribution in [0.3, 0.4) is 0 Å². The Morgan fingerprint density at radius 2 is 2.32 bits per heavy atom. The lowest BCUT2D eigenvalue weighted by Crippen LogP contribution is -2.38. The summed E-state index contributed by atoms with van der Waals surface area (Å²) in [6.07, 6.45) is 1.87. The SMILES string of the molecule is COC(=O)C1CCCN(Cc2ccc(Cl)nc2Cl)C1. The molecule has 19 heavy (non-hydrogen) atoms. The molecule has 1 aliphatic rings. The third kappa shape index (κ3) is 3.81. The molecule has 0 spiro atoms. The van der Waals surface area contributed by atoms with Gasteiger partial charge in [-0.3, -0.25) is 9.69 Å². The van der Waals surface area contributed by atoms with Gasteiger partial charge in [-0.15, -0.1) is 0 Å². The van der Waals surface area contributed by atoms with E-state index in [0.717, 1.165) is 24.9 Å². The molecular weight excluding hydrogens is 287 g/mol. The number of likely N-dealkylation sites (tertiary alicyclic amines) is 1. The lowest BCUT2D eigenvalue weighted by atomic mass is 9.98. The van der Waals surface area contributed by atoms with E-state index in [2.05, 4.69) is 9.88 Å². The molecule has 1 saturated heterocycles. The minimum absolute atomic E-state index is 0.0437. The number of pyridine rings is 1. The molecule has 2 heterocycles. The molecule has 2 rings (SSSR count). The van der Waals surface area contributed by atoms with Crippen LogP contribution in [0, 0.1) is 5.92 Å². The molecule has 0 radical (unpaired) electrons. The average molecular weight is 303 g/mol. The summed E-state index contributed by atoms with van der Waals surface area (Å²) in [5.74, 6) is -0.178. The molecule has 1 aromatic rings. The number of aromatic nitrogens is 1. The van der Waals surface area contributed by atoms with Crippen molar-refractivity contribution in [3.05, 3.63) is 28.0 Å². The molecule has 0 N–H and O–H groups in total. The largest absolute Gasteiger partial charge is 0.469 e. The minimum atomic E-state index is -0.134. The van der Waals surface area contributed by atoms with Crippen molar-refractivity contribution >= 4 is 29.2 Å². The number of ether oxygens (including phenoxy) is 1. The van der Waals surface area contributed by atoms with Crippen LogP contribution in [0.1, 0.15) is 18.4 Å². The van der Waals surface area contributed by atoms with E-state index in [1.807, 2.05) is 6.07 Å². The second kappa shape index (κ2) is 6.55.